The van der Waals surface area contributed by atoms with Gasteiger partial charge in [0.25, 0.3) is 0 Å². The van der Waals surface area contributed by atoms with Crippen LogP contribution in [0, 0.1) is 0 Å². The van der Waals surface area contributed by atoms with E-state index < -0.39 is 37.0 Å². The summed E-state index contributed by atoms with van der Waals surface area (Å²) in [5.74, 6) is -4.61. The lowest BCUT2D eigenvalue weighted by Gasteiger charge is -2.29. The van der Waals surface area contributed by atoms with E-state index in [1.165, 1.54) is 14.7 Å². The largest absolute Gasteiger partial charge is 0.480 e. The van der Waals surface area contributed by atoms with Crippen LogP contribution in [-0.2, 0) is 19.2 Å². The Bertz CT molecular complexity index is 841. The standard InChI is InChI=1S/C19H24N4O8S/c24-16(25)9-21(5-6-22(10-17(26)27)11-18(28)29)7-8-23(12-19(30)31)15-3-1-14(2-4-15)20-13-32/h1-4H,5-12H2,(H,24,25)(H,26,27)(H,28,29)(H,30,31). The van der Waals surface area contributed by atoms with Crippen LogP contribution in [-0.4, -0.2) is 112 Å². The average molecular weight is 468 g/mol. The van der Waals surface area contributed by atoms with Crippen LogP contribution in [0.5, 0.6) is 0 Å². The number of aliphatic imine (C=N–C) groups is 1. The van der Waals surface area contributed by atoms with Crippen molar-refractivity contribution in [2.24, 2.45) is 4.99 Å². The van der Waals surface area contributed by atoms with Gasteiger partial charge in [-0.2, -0.15) is 4.99 Å². The van der Waals surface area contributed by atoms with Gasteiger partial charge in [0, 0.05) is 31.9 Å². The summed E-state index contributed by atoms with van der Waals surface area (Å²) in [6, 6.07) is 6.57. The number of aliphatic carboxylic acids is 4. The van der Waals surface area contributed by atoms with E-state index in [0.29, 0.717) is 11.4 Å². The van der Waals surface area contributed by atoms with E-state index in [1.54, 1.807) is 24.3 Å². The van der Waals surface area contributed by atoms with Gasteiger partial charge >= 0.3 is 23.9 Å². The Kier molecular flexibility index (Phi) is 11.5. The third-order valence-electron chi connectivity index (χ3n) is 4.21. The third kappa shape index (κ3) is 11.1. The summed E-state index contributed by atoms with van der Waals surface area (Å²) in [5.41, 5.74) is 1.12. The van der Waals surface area contributed by atoms with Crippen molar-refractivity contribution >= 4 is 52.6 Å². The molecule has 0 saturated heterocycles. The summed E-state index contributed by atoms with van der Waals surface area (Å²) in [4.78, 5) is 52.4. The van der Waals surface area contributed by atoms with Crippen molar-refractivity contribution in [2.45, 2.75) is 0 Å². The maximum absolute atomic E-state index is 11.3. The maximum atomic E-state index is 11.3. The molecule has 0 aliphatic heterocycles. The van der Waals surface area contributed by atoms with Crippen LogP contribution in [0.1, 0.15) is 0 Å². The Morgan fingerprint density at radius 1 is 0.719 bits per heavy atom. The molecule has 0 atom stereocenters. The lowest BCUT2D eigenvalue weighted by Crippen LogP contribution is -2.44. The summed E-state index contributed by atoms with van der Waals surface area (Å²) in [6.45, 7) is -1.33. The van der Waals surface area contributed by atoms with Gasteiger partial charge in [-0.3, -0.25) is 29.0 Å². The van der Waals surface area contributed by atoms with E-state index >= 15 is 0 Å². The van der Waals surface area contributed by atoms with Gasteiger partial charge in [-0.05, 0) is 36.5 Å². The molecule has 32 heavy (non-hydrogen) atoms. The number of isothiocyanates is 1. The zero-order valence-electron chi connectivity index (χ0n) is 17.1. The minimum atomic E-state index is -1.20. The number of hydrogen-bond acceptors (Lipinski definition) is 9. The highest BCUT2D eigenvalue weighted by atomic mass is 32.1. The van der Waals surface area contributed by atoms with Gasteiger partial charge in [-0.25, -0.2) is 0 Å². The predicted molar refractivity (Wildman–Crippen MR) is 117 cm³/mol. The van der Waals surface area contributed by atoms with Crippen LogP contribution >= 0.6 is 12.2 Å². The van der Waals surface area contributed by atoms with Gasteiger partial charge in [0.1, 0.15) is 6.54 Å². The van der Waals surface area contributed by atoms with Gasteiger partial charge in [0.05, 0.1) is 30.5 Å². The second kappa shape index (κ2) is 13.8. The molecule has 0 radical (unpaired) electrons. The van der Waals surface area contributed by atoms with Crippen LogP contribution in [0.15, 0.2) is 29.3 Å². The fraction of sp³-hybridized carbons (Fsp3) is 0.421. The summed E-state index contributed by atoms with van der Waals surface area (Å²) >= 11 is 4.54. The van der Waals surface area contributed by atoms with Crippen molar-refractivity contribution in [1.82, 2.24) is 9.80 Å². The molecule has 4 N–H and O–H groups in total. The Morgan fingerprint density at radius 3 is 1.62 bits per heavy atom. The molecule has 0 fully saturated rings. The number of carbonyl (C=O) groups is 4. The van der Waals surface area contributed by atoms with E-state index in [-0.39, 0.29) is 39.3 Å². The van der Waals surface area contributed by atoms with E-state index in [0.717, 1.165) is 0 Å². The first-order valence-corrected chi connectivity index (χ1v) is 9.76. The number of thiocarbonyl (C=S) groups is 1. The molecule has 0 saturated carbocycles. The van der Waals surface area contributed by atoms with Gasteiger partial charge < -0.3 is 25.3 Å². The molecule has 0 unspecified atom stereocenters. The summed E-state index contributed by atoms with van der Waals surface area (Å²) in [7, 11) is 0. The van der Waals surface area contributed by atoms with E-state index in [4.69, 9.17) is 10.2 Å². The molecule has 174 valence electrons. The number of carboxylic acids is 4. The Morgan fingerprint density at radius 2 is 1.16 bits per heavy atom. The fourth-order valence-corrected chi connectivity index (χ4v) is 2.96. The number of rotatable bonds is 16. The fourth-order valence-electron chi connectivity index (χ4n) is 2.86. The average Bonchev–Trinajstić information content (AvgIpc) is 2.68. The topological polar surface area (TPSA) is 171 Å². The highest BCUT2D eigenvalue weighted by molar-refractivity contribution is 7.78. The van der Waals surface area contributed by atoms with Gasteiger partial charge in [0.15, 0.2) is 0 Å². The zero-order valence-corrected chi connectivity index (χ0v) is 17.9. The SMILES string of the molecule is O=C(O)CN(CCN(CC(=O)O)CC(=O)O)CCN(CC(=O)O)c1ccc(N=C=S)cc1. The molecule has 0 aromatic heterocycles. The lowest BCUT2D eigenvalue weighted by molar-refractivity contribution is -0.143. The number of carboxylic acid groups (broad SMARTS) is 4. The van der Waals surface area contributed by atoms with Gasteiger partial charge in [-0.1, -0.05) is 0 Å². The lowest BCUT2D eigenvalue weighted by atomic mass is 10.2. The van der Waals surface area contributed by atoms with Gasteiger partial charge in [-0.15, -0.1) is 0 Å². The molecular weight excluding hydrogens is 444 g/mol. The third-order valence-corrected chi connectivity index (χ3v) is 4.30. The molecular formula is C19H24N4O8S. The smallest absolute Gasteiger partial charge is 0.323 e. The highest BCUT2D eigenvalue weighted by Gasteiger charge is 2.18. The minimum absolute atomic E-state index is 0.00902. The molecule has 0 heterocycles. The Balaban J connectivity index is 2.88. The highest BCUT2D eigenvalue weighted by Crippen LogP contribution is 2.19. The molecule has 0 bridgehead atoms. The molecule has 0 spiro atoms. The van der Waals surface area contributed by atoms with Crippen molar-refractivity contribution in [2.75, 3.05) is 57.3 Å². The van der Waals surface area contributed by atoms with Crippen molar-refractivity contribution in [3.8, 4) is 0 Å². The molecule has 0 aliphatic rings. The number of nitrogens with zero attached hydrogens (tertiary/aromatic N) is 4. The first-order valence-electron chi connectivity index (χ1n) is 9.35. The Labute approximate surface area is 189 Å². The summed E-state index contributed by atoms with van der Waals surface area (Å²) < 4.78 is 0. The number of anilines is 1. The molecule has 1 aromatic rings. The van der Waals surface area contributed by atoms with E-state index in [9.17, 15) is 29.4 Å². The number of hydrogen-bond donors (Lipinski definition) is 4. The normalized spacial score (nSPS) is 10.6. The molecule has 1 aromatic carbocycles. The van der Waals surface area contributed by atoms with Crippen molar-refractivity contribution in [1.29, 1.82) is 0 Å². The maximum Gasteiger partial charge on any atom is 0.323 e. The van der Waals surface area contributed by atoms with Crippen LogP contribution in [0.2, 0.25) is 0 Å². The minimum Gasteiger partial charge on any atom is -0.480 e. The Hall–Kier alpha value is -3.38. The van der Waals surface area contributed by atoms with Crippen LogP contribution in [0.4, 0.5) is 11.4 Å². The molecule has 12 nitrogen and oxygen atoms in total. The predicted octanol–water partition coefficient (Wildman–Crippen LogP) is 0.170. The first kappa shape index (κ1) is 26.7. The van der Waals surface area contributed by atoms with Crippen molar-refractivity contribution in [3.05, 3.63) is 24.3 Å². The monoisotopic (exact) mass is 468 g/mol. The van der Waals surface area contributed by atoms with E-state index in [1.807, 2.05) is 0 Å². The second-order valence-corrected chi connectivity index (χ2v) is 6.89. The number of benzene rings is 1. The quantitative estimate of drug-likeness (QED) is 0.192. The van der Waals surface area contributed by atoms with Crippen LogP contribution < -0.4 is 4.90 Å². The molecule has 13 heteroatoms. The van der Waals surface area contributed by atoms with Crippen molar-refractivity contribution in [3.63, 3.8) is 0 Å². The first-order chi connectivity index (χ1) is 15.1. The molecule has 0 amide bonds. The second-order valence-electron chi connectivity index (χ2n) is 6.70. The molecule has 0 aliphatic carbocycles. The zero-order chi connectivity index (χ0) is 24.1. The van der Waals surface area contributed by atoms with E-state index in [2.05, 4.69) is 22.4 Å². The van der Waals surface area contributed by atoms with Gasteiger partial charge in [0.2, 0.25) is 0 Å². The van der Waals surface area contributed by atoms with Crippen molar-refractivity contribution < 1.29 is 39.6 Å². The summed E-state index contributed by atoms with van der Waals surface area (Å²) in [5, 5.41) is 38.5. The van der Waals surface area contributed by atoms with Crippen LogP contribution in [0.25, 0.3) is 0 Å². The summed E-state index contributed by atoms with van der Waals surface area (Å²) in [6.07, 6.45) is 0. The van der Waals surface area contributed by atoms with Crippen LogP contribution in [0.3, 0.4) is 0 Å². The molecule has 1 rings (SSSR count).